The Hall–Kier alpha value is -1.36. The van der Waals surface area contributed by atoms with Gasteiger partial charge in [-0.15, -0.1) is 0 Å². The topological polar surface area (TPSA) is 49.6 Å². The molecule has 5 heteroatoms. The fraction of sp³-hybridized carbons (Fsp3) is 0.636. The number of hydrogen-bond donors (Lipinski definition) is 0. The van der Waals surface area contributed by atoms with E-state index < -0.39 is 0 Å². The number of nitrogens with zero attached hydrogens (tertiary/aromatic N) is 3. The van der Waals surface area contributed by atoms with E-state index in [1.807, 2.05) is 6.08 Å². The van der Waals surface area contributed by atoms with E-state index in [0.717, 1.165) is 44.7 Å². The van der Waals surface area contributed by atoms with Crippen LogP contribution in [0.15, 0.2) is 23.5 Å². The molecule has 0 bridgehead atoms. The van der Waals surface area contributed by atoms with Gasteiger partial charge in [0.05, 0.1) is 4.92 Å². The minimum Gasteiger partial charge on any atom is -0.364 e. The zero-order valence-electron chi connectivity index (χ0n) is 9.56. The van der Waals surface area contributed by atoms with Gasteiger partial charge in [-0.2, -0.15) is 0 Å². The van der Waals surface area contributed by atoms with Crippen LogP contribution in [0.2, 0.25) is 0 Å². The summed E-state index contributed by atoms with van der Waals surface area (Å²) in [5.74, 6) is 0. The van der Waals surface area contributed by atoms with E-state index in [2.05, 4.69) is 16.8 Å². The minimum atomic E-state index is -0.261. The third kappa shape index (κ3) is 2.24. The van der Waals surface area contributed by atoms with Crippen LogP contribution < -0.4 is 0 Å². The van der Waals surface area contributed by atoms with Crippen molar-refractivity contribution in [2.45, 2.75) is 12.8 Å². The van der Waals surface area contributed by atoms with E-state index in [9.17, 15) is 10.1 Å². The molecule has 0 atom stereocenters. The molecule has 1 saturated heterocycles. The predicted molar refractivity (Wildman–Crippen MR) is 61.5 cm³/mol. The average molecular weight is 223 g/mol. The fourth-order valence-corrected chi connectivity index (χ4v) is 2.16. The average Bonchev–Trinajstić information content (AvgIpc) is 2.30. The molecule has 0 N–H and O–H groups in total. The van der Waals surface area contributed by atoms with Crippen LogP contribution in [0.3, 0.4) is 0 Å². The first kappa shape index (κ1) is 11.1. The maximum atomic E-state index is 10.9. The van der Waals surface area contributed by atoms with Crippen LogP contribution in [0.25, 0.3) is 0 Å². The Kier molecular flexibility index (Phi) is 3.24. The Morgan fingerprint density at radius 1 is 1.19 bits per heavy atom. The molecule has 0 spiro atoms. The molecule has 0 unspecified atom stereocenters. The third-order valence-electron chi connectivity index (χ3n) is 3.15. The van der Waals surface area contributed by atoms with Crippen molar-refractivity contribution >= 4 is 0 Å². The molecule has 88 valence electrons. The van der Waals surface area contributed by atoms with Crippen molar-refractivity contribution in [3.05, 3.63) is 33.7 Å². The van der Waals surface area contributed by atoms with Gasteiger partial charge in [0.15, 0.2) is 0 Å². The molecule has 16 heavy (non-hydrogen) atoms. The summed E-state index contributed by atoms with van der Waals surface area (Å²) in [5.41, 5.74) is 1.11. The molecule has 2 aliphatic rings. The van der Waals surface area contributed by atoms with Crippen molar-refractivity contribution in [2.24, 2.45) is 0 Å². The lowest BCUT2D eigenvalue weighted by Crippen LogP contribution is -2.44. The van der Waals surface area contributed by atoms with Gasteiger partial charge in [0, 0.05) is 26.2 Å². The Morgan fingerprint density at radius 3 is 2.44 bits per heavy atom. The van der Waals surface area contributed by atoms with Gasteiger partial charge < -0.3 is 9.80 Å². The van der Waals surface area contributed by atoms with Gasteiger partial charge in [-0.1, -0.05) is 6.08 Å². The van der Waals surface area contributed by atoms with Gasteiger partial charge in [-0.05, 0) is 26.0 Å². The first-order chi connectivity index (χ1) is 7.68. The smallest absolute Gasteiger partial charge is 0.288 e. The largest absolute Gasteiger partial charge is 0.364 e. The Morgan fingerprint density at radius 2 is 1.81 bits per heavy atom. The Labute approximate surface area is 95.2 Å². The van der Waals surface area contributed by atoms with Gasteiger partial charge in [0.2, 0.25) is 0 Å². The normalized spacial score (nSPS) is 22.7. The highest BCUT2D eigenvalue weighted by atomic mass is 16.6. The summed E-state index contributed by atoms with van der Waals surface area (Å²) in [6.45, 7) is 3.71. The monoisotopic (exact) mass is 223 g/mol. The second-order valence-electron chi connectivity index (χ2n) is 4.30. The Bertz CT molecular complexity index is 341. The van der Waals surface area contributed by atoms with Crippen LogP contribution in [-0.4, -0.2) is 47.9 Å². The first-order valence-corrected chi connectivity index (χ1v) is 5.67. The number of hydrogen-bond acceptors (Lipinski definition) is 4. The van der Waals surface area contributed by atoms with Crippen molar-refractivity contribution in [1.82, 2.24) is 9.80 Å². The highest BCUT2D eigenvalue weighted by Crippen LogP contribution is 2.23. The van der Waals surface area contributed by atoms with Gasteiger partial charge in [-0.3, -0.25) is 10.1 Å². The fourth-order valence-electron chi connectivity index (χ4n) is 2.16. The van der Waals surface area contributed by atoms with E-state index in [1.165, 1.54) is 0 Å². The molecular weight excluding hydrogens is 206 g/mol. The molecule has 1 aliphatic carbocycles. The van der Waals surface area contributed by atoms with E-state index >= 15 is 0 Å². The molecule has 0 aromatic rings. The van der Waals surface area contributed by atoms with Crippen molar-refractivity contribution in [1.29, 1.82) is 0 Å². The van der Waals surface area contributed by atoms with Crippen LogP contribution in [-0.2, 0) is 0 Å². The second kappa shape index (κ2) is 4.65. The molecular formula is C11H17N3O2. The van der Waals surface area contributed by atoms with Crippen LogP contribution in [0.5, 0.6) is 0 Å². The van der Waals surface area contributed by atoms with Crippen molar-refractivity contribution in [2.75, 3.05) is 33.2 Å². The molecule has 2 rings (SSSR count). The lowest BCUT2D eigenvalue weighted by Gasteiger charge is -2.35. The van der Waals surface area contributed by atoms with Gasteiger partial charge in [0.25, 0.3) is 5.70 Å². The Balaban J connectivity index is 2.10. The van der Waals surface area contributed by atoms with E-state index in [1.54, 1.807) is 6.08 Å². The lowest BCUT2D eigenvalue weighted by molar-refractivity contribution is -0.423. The van der Waals surface area contributed by atoms with Crippen molar-refractivity contribution in [3.63, 3.8) is 0 Å². The van der Waals surface area contributed by atoms with E-state index in [4.69, 9.17) is 0 Å². The van der Waals surface area contributed by atoms with Crippen molar-refractivity contribution in [3.8, 4) is 0 Å². The number of allylic oxidation sites excluding steroid dienone is 2. The maximum Gasteiger partial charge on any atom is 0.288 e. The SMILES string of the molecule is CN1CCN(C2=CCCC=C2[N+](=O)[O-])CC1. The standard InChI is InChI=1S/C11H17N3O2/c1-12-6-8-13(9-7-12)10-4-2-3-5-11(10)14(15)16/h4-5H,2-3,6-9H2,1H3. The highest BCUT2D eigenvalue weighted by Gasteiger charge is 2.26. The summed E-state index contributed by atoms with van der Waals surface area (Å²) in [5, 5.41) is 10.9. The molecule has 0 aromatic heterocycles. The van der Waals surface area contributed by atoms with E-state index in [0.29, 0.717) is 0 Å². The zero-order valence-corrected chi connectivity index (χ0v) is 9.56. The van der Waals surface area contributed by atoms with Gasteiger partial charge >= 0.3 is 0 Å². The summed E-state index contributed by atoms with van der Waals surface area (Å²) in [6, 6.07) is 0. The number of nitro groups is 1. The predicted octanol–water partition coefficient (Wildman–Crippen LogP) is 1.07. The number of rotatable bonds is 2. The first-order valence-electron chi connectivity index (χ1n) is 5.67. The molecule has 1 fully saturated rings. The van der Waals surface area contributed by atoms with Crippen LogP contribution in [0, 0.1) is 10.1 Å². The zero-order chi connectivity index (χ0) is 11.5. The lowest BCUT2D eigenvalue weighted by atomic mass is 10.1. The van der Waals surface area contributed by atoms with Gasteiger partial charge in [-0.25, -0.2) is 0 Å². The minimum absolute atomic E-state index is 0.261. The number of piperazine rings is 1. The highest BCUT2D eigenvalue weighted by molar-refractivity contribution is 5.27. The summed E-state index contributed by atoms with van der Waals surface area (Å²) >= 11 is 0. The molecule has 1 heterocycles. The van der Waals surface area contributed by atoms with Crippen molar-refractivity contribution < 1.29 is 4.92 Å². The second-order valence-corrected chi connectivity index (χ2v) is 4.30. The molecule has 0 radical (unpaired) electrons. The van der Waals surface area contributed by atoms with E-state index in [-0.39, 0.29) is 10.6 Å². The summed E-state index contributed by atoms with van der Waals surface area (Å²) < 4.78 is 0. The molecule has 0 amide bonds. The molecule has 5 nitrogen and oxygen atoms in total. The number of likely N-dealkylation sites (N-methyl/N-ethyl adjacent to an activating group) is 1. The van der Waals surface area contributed by atoms with Crippen LogP contribution in [0.4, 0.5) is 0 Å². The quantitative estimate of drug-likeness (QED) is 0.519. The summed E-state index contributed by atoms with van der Waals surface area (Å²) in [6.07, 6.45) is 5.45. The molecule has 0 saturated carbocycles. The summed E-state index contributed by atoms with van der Waals surface area (Å²) in [4.78, 5) is 15.0. The summed E-state index contributed by atoms with van der Waals surface area (Å²) in [7, 11) is 2.08. The molecule has 0 aromatic carbocycles. The molecule has 1 aliphatic heterocycles. The van der Waals surface area contributed by atoms with Gasteiger partial charge in [0.1, 0.15) is 5.70 Å². The van der Waals surface area contributed by atoms with Crippen LogP contribution in [0.1, 0.15) is 12.8 Å². The van der Waals surface area contributed by atoms with Crippen LogP contribution >= 0.6 is 0 Å². The maximum absolute atomic E-state index is 10.9. The third-order valence-corrected chi connectivity index (χ3v) is 3.15.